The highest BCUT2D eigenvalue weighted by molar-refractivity contribution is 5.91. The molecule has 0 atom stereocenters. The first-order valence-electron chi connectivity index (χ1n) is 5.21. The molecule has 0 aliphatic carbocycles. The van der Waals surface area contributed by atoms with Crippen LogP contribution in [0.25, 0.3) is 0 Å². The molecule has 0 unspecified atom stereocenters. The SMILES string of the molecule is CCN(C(=O)NCC(F)(F)F)c1ccc(F)cc1. The van der Waals surface area contributed by atoms with E-state index in [1.807, 2.05) is 0 Å². The van der Waals surface area contributed by atoms with E-state index < -0.39 is 24.6 Å². The fraction of sp³-hybridized carbons (Fsp3) is 0.364. The van der Waals surface area contributed by atoms with Gasteiger partial charge in [-0.1, -0.05) is 0 Å². The molecule has 1 aromatic carbocycles. The van der Waals surface area contributed by atoms with E-state index in [0.717, 1.165) is 17.0 Å². The van der Waals surface area contributed by atoms with E-state index in [0.29, 0.717) is 5.69 Å². The molecule has 0 saturated heterocycles. The lowest BCUT2D eigenvalue weighted by molar-refractivity contribution is -0.122. The average molecular weight is 264 g/mol. The summed E-state index contributed by atoms with van der Waals surface area (Å²) in [6.45, 7) is 0.384. The van der Waals surface area contributed by atoms with Crippen molar-refractivity contribution in [2.45, 2.75) is 13.1 Å². The van der Waals surface area contributed by atoms with Crippen LogP contribution in [0.3, 0.4) is 0 Å². The van der Waals surface area contributed by atoms with Gasteiger partial charge >= 0.3 is 12.2 Å². The summed E-state index contributed by atoms with van der Waals surface area (Å²) in [4.78, 5) is 12.6. The lowest BCUT2D eigenvalue weighted by Gasteiger charge is -2.21. The van der Waals surface area contributed by atoms with Crippen molar-refractivity contribution in [3.63, 3.8) is 0 Å². The second-order valence-corrected chi connectivity index (χ2v) is 3.49. The summed E-state index contributed by atoms with van der Waals surface area (Å²) in [5.41, 5.74) is 0.332. The molecular formula is C11H12F4N2O. The molecule has 100 valence electrons. The van der Waals surface area contributed by atoms with Gasteiger partial charge in [-0.3, -0.25) is 4.90 Å². The highest BCUT2D eigenvalue weighted by Crippen LogP contribution is 2.16. The van der Waals surface area contributed by atoms with Gasteiger partial charge in [0.25, 0.3) is 0 Å². The zero-order valence-electron chi connectivity index (χ0n) is 9.59. The average Bonchev–Trinajstić information content (AvgIpc) is 2.29. The number of nitrogens with zero attached hydrogens (tertiary/aromatic N) is 1. The topological polar surface area (TPSA) is 32.3 Å². The van der Waals surface area contributed by atoms with E-state index in [1.54, 1.807) is 12.2 Å². The summed E-state index contributed by atoms with van der Waals surface area (Å²) in [5, 5.41) is 1.75. The van der Waals surface area contributed by atoms with E-state index in [-0.39, 0.29) is 6.54 Å². The Labute approximate surface area is 101 Å². The molecule has 18 heavy (non-hydrogen) atoms. The number of halogens is 4. The van der Waals surface area contributed by atoms with Crippen LogP contribution in [0.2, 0.25) is 0 Å². The molecule has 0 bridgehead atoms. The number of alkyl halides is 3. The highest BCUT2D eigenvalue weighted by atomic mass is 19.4. The molecule has 3 nitrogen and oxygen atoms in total. The molecule has 0 spiro atoms. The summed E-state index contributed by atoms with van der Waals surface area (Å²) >= 11 is 0. The molecule has 0 radical (unpaired) electrons. The third-order valence-corrected chi connectivity index (χ3v) is 2.14. The number of hydrogen-bond acceptors (Lipinski definition) is 1. The van der Waals surface area contributed by atoms with Crippen molar-refractivity contribution < 1.29 is 22.4 Å². The molecule has 0 saturated carbocycles. The quantitative estimate of drug-likeness (QED) is 0.836. The van der Waals surface area contributed by atoms with Crippen LogP contribution in [-0.4, -0.2) is 25.3 Å². The Balaban J connectivity index is 2.71. The number of benzene rings is 1. The third kappa shape index (κ3) is 4.23. The molecule has 7 heteroatoms. The van der Waals surface area contributed by atoms with Crippen LogP contribution < -0.4 is 10.2 Å². The number of amides is 2. The first kappa shape index (κ1) is 14.3. The third-order valence-electron chi connectivity index (χ3n) is 2.14. The number of carbonyl (C=O) groups is 1. The summed E-state index contributed by atoms with van der Waals surface area (Å²) in [6.07, 6.45) is -4.46. The van der Waals surface area contributed by atoms with Crippen LogP contribution in [0.4, 0.5) is 28.0 Å². The van der Waals surface area contributed by atoms with Crippen LogP contribution in [0.1, 0.15) is 6.92 Å². The van der Waals surface area contributed by atoms with Crippen LogP contribution in [0.5, 0.6) is 0 Å². The fourth-order valence-electron chi connectivity index (χ4n) is 1.34. The first-order chi connectivity index (χ1) is 8.33. The van der Waals surface area contributed by atoms with Crippen molar-refractivity contribution in [1.82, 2.24) is 5.32 Å². The van der Waals surface area contributed by atoms with E-state index in [2.05, 4.69) is 0 Å². The van der Waals surface area contributed by atoms with Gasteiger partial charge in [-0.2, -0.15) is 13.2 Å². The van der Waals surface area contributed by atoms with Crippen molar-refractivity contribution in [3.8, 4) is 0 Å². The molecule has 0 heterocycles. The zero-order chi connectivity index (χ0) is 13.8. The Bertz CT molecular complexity index is 402. The van der Waals surface area contributed by atoms with Crippen molar-refractivity contribution in [2.75, 3.05) is 18.0 Å². The molecule has 2 amide bonds. The van der Waals surface area contributed by atoms with Gasteiger partial charge in [0, 0.05) is 12.2 Å². The normalized spacial score (nSPS) is 11.2. The maximum absolute atomic E-state index is 12.7. The molecular weight excluding hydrogens is 252 g/mol. The maximum atomic E-state index is 12.7. The van der Waals surface area contributed by atoms with E-state index in [4.69, 9.17) is 0 Å². The Kier molecular flexibility index (Phi) is 4.52. The van der Waals surface area contributed by atoms with Crippen LogP contribution in [-0.2, 0) is 0 Å². The monoisotopic (exact) mass is 264 g/mol. The second kappa shape index (κ2) is 5.70. The Hall–Kier alpha value is -1.79. The first-order valence-corrected chi connectivity index (χ1v) is 5.21. The van der Waals surface area contributed by atoms with Crippen LogP contribution in [0.15, 0.2) is 24.3 Å². The predicted molar refractivity (Wildman–Crippen MR) is 58.9 cm³/mol. The van der Waals surface area contributed by atoms with E-state index in [9.17, 15) is 22.4 Å². The summed E-state index contributed by atoms with van der Waals surface area (Å²) < 4.78 is 48.6. The number of rotatable bonds is 3. The second-order valence-electron chi connectivity index (χ2n) is 3.49. The Morgan fingerprint density at radius 1 is 1.28 bits per heavy atom. The number of anilines is 1. The number of nitrogens with one attached hydrogen (secondary N) is 1. The summed E-state index contributed by atoms with van der Waals surface area (Å²) in [7, 11) is 0. The molecule has 0 aromatic heterocycles. The molecule has 1 rings (SSSR count). The smallest absolute Gasteiger partial charge is 0.329 e. The summed E-state index contributed by atoms with van der Waals surface area (Å²) in [6, 6.07) is 4.05. The standard InChI is InChI=1S/C11H12F4N2O/c1-2-17(9-5-3-8(12)4-6-9)10(18)16-7-11(13,14)15/h3-6H,2,7H2,1H3,(H,16,18). The predicted octanol–water partition coefficient (Wildman–Crippen LogP) is 2.92. The minimum Gasteiger partial charge on any atom is -0.329 e. The minimum absolute atomic E-state index is 0.176. The van der Waals surface area contributed by atoms with Gasteiger partial charge in [0.05, 0.1) is 0 Å². The molecule has 0 fully saturated rings. The molecule has 0 aliphatic heterocycles. The lowest BCUT2D eigenvalue weighted by Crippen LogP contribution is -2.43. The zero-order valence-corrected chi connectivity index (χ0v) is 9.59. The van der Waals surface area contributed by atoms with E-state index in [1.165, 1.54) is 12.1 Å². The van der Waals surface area contributed by atoms with Gasteiger partial charge in [-0.15, -0.1) is 0 Å². The van der Waals surface area contributed by atoms with Gasteiger partial charge in [0.2, 0.25) is 0 Å². The molecule has 1 aromatic rings. The number of hydrogen-bond donors (Lipinski definition) is 1. The van der Waals surface area contributed by atoms with Crippen molar-refractivity contribution in [1.29, 1.82) is 0 Å². The van der Waals surface area contributed by atoms with E-state index >= 15 is 0 Å². The van der Waals surface area contributed by atoms with Crippen LogP contribution in [0, 0.1) is 5.82 Å². The Morgan fingerprint density at radius 2 is 1.83 bits per heavy atom. The Morgan fingerprint density at radius 3 is 2.28 bits per heavy atom. The van der Waals surface area contributed by atoms with Crippen molar-refractivity contribution in [3.05, 3.63) is 30.1 Å². The van der Waals surface area contributed by atoms with Gasteiger partial charge in [0.15, 0.2) is 0 Å². The maximum Gasteiger partial charge on any atom is 0.405 e. The van der Waals surface area contributed by atoms with Gasteiger partial charge in [0.1, 0.15) is 12.4 Å². The van der Waals surface area contributed by atoms with Gasteiger partial charge < -0.3 is 5.32 Å². The number of carbonyl (C=O) groups excluding carboxylic acids is 1. The lowest BCUT2D eigenvalue weighted by atomic mass is 10.3. The number of urea groups is 1. The van der Waals surface area contributed by atoms with Gasteiger partial charge in [-0.25, -0.2) is 9.18 Å². The molecule has 0 aliphatic rings. The molecule has 1 N–H and O–H groups in total. The van der Waals surface area contributed by atoms with Crippen LogP contribution >= 0.6 is 0 Å². The fourth-order valence-corrected chi connectivity index (χ4v) is 1.34. The highest BCUT2D eigenvalue weighted by Gasteiger charge is 2.28. The van der Waals surface area contributed by atoms with Gasteiger partial charge in [-0.05, 0) is 31.2 Å². The summed E-state index contributed by atoms with van der Waals surface area (Å²) in [5.74, 6) is -0.481. The van der Waals surface area contributed by atoms with Crippen molar-refractivity contribution in [2.24, 2.45) is 0 Å². The van der Waals surface area contributed by atoms with Crippen molar-refractivity contribution >= 4 is 11.7 Å². The minimum atomic E-state index is -4.46. The largest absolute Gasteiger partial charge is 0.405 e.